The second kappa shape index (κ2) is 7.21. The summed E-state index contributed by atoms with van der Waals surface area (Å²) < 4.78 is 0. The maximum atomic E-state index is 12.4. The highest BCUT2D eigenvalue weighted by molar-refractivity contribution is 5.93. The minimum Gasteiger partial charge on any atom is -0.346 e. The fraction of sp³-hybridized carbons (Fsp3) is 0.450. The van der Waals surface area contributed by atoms with Crippen LogP contribution in [0.1, 0.15) is 67.8 Å². The van der Waals surface area contributed by atoms with Gasteiger partial charge in [0.2, 0.25) is 5.95 Å². The molecule has 2 rings (SSSR count). The van der Waals surface area contributed by atoms with Gasteiger partial charge in [0.05, 0.1) is 0 Å². The smallest absolute Gasteiger partial charge is 0.270 e. The molecule has 0 saturated heterocycles. The van der Waals surface area contributed by atoms with E-state index >= 15 is 0 Å². The summed E-state index contributed by atoms with van der Waals surface area (Å²) in [4.78, 5) is 21.3. The molecule has 0 atom stereocenters. The van der Waals surface area contributed by atoms with Gasteiger partial charge < -0.3 is 10.6 Å². The quantitative estimate of drug-likeness (QED) is 0.860. The van der Waals surface area contributed by atoms with Crippen molar-refractivity contribution in [1.29, 1.82) is 0 Å². The van der Waals surface area contributed by atoms with Crippen LogP contribution in [-0.2, 0) is 0 Å². The molecule has 0 fully saturated rings. The molecule has 0 aliphatic rings. The zero-order valence-corrected chi connectivity index (χ0v) is 16.2. The molecule has 1 heterocycles. The standard InChI is InChI=1S/C20H28N4O/c1-12(2)15-10-8-9-13(3)17(15)23-19-21-14(4)11-16(22-19)18(25)24-20(5,6)7/h8-12H,1-7H3,(H,24,25)(H,21,22,23). The lowest BCUT2D eigenvalue weighted by Gasteiger charge is -2.20. The van der Waals surface area contributed by atoms with Gasteiger partial charge in [-0.15, -0.1) is 0 Å². The zero-order valence-electron chi connectivity index (χ0n) is 16.2. The summed E-state index contributed by atoms with van der Waals surface area (Å²) >= 11 is 0. The Morgan fingerprint density at radius 3 is 2.40 bits per heavy atom. The number of hydrogen-bond acceptors (Lipinski definition) is 4. The van der Waals surface area contributed by atoms with E-state index in [1.165, 1.54) is 5.56 Å². The molecule has 0 aliphatic heterocycles. The first kappa shape index (κ1) is 18.9. The number of carbonyl (C=O) groups is 1. The fourth-order valence-electron chi connectivity index (χ4n) is 2.60. The number of aromatic nitrogens is 2. The van der Waals surface area contributed by atoms with Crippen LogP contribution in [-0.4, -0.2) is 21.4 Å². The monoisotopic (exact) mass is 340 g/mol. The summed E-state index contributed by atoms with van der Waals surface area (Å²) in [6.45, 7) is 14.1. The third-order valence-electron chi connectivity index (χ3n) is 3.74. The number of aryl methyl sites for hydroxylation is 2. The third-order valence-corrected chi connectivity index (χ3v) is 3.74. The largest absolute Gasteiger partial charge is 0.346 e. The lowest BCUT2D eigenvalue weighted by molar-refractivity contribution is 0.0914. The van der Waals surface area contributed by atoms with Crippen LogP contribution in [0, 0.1) is 13.8 Å². The summed E-state index contributed by atoms with van der Waals surface area (Å²) in [5, 5.41) is 6.26. The minimum absolute atomic E-state index is 0.199. The molecular formula is C20H28N4O. The summed E-state index contributed by atoms with van der Waals surface area (Å²) in [5.41, 5.74) is 4.12. The lowest BCUT2D eigenvalue weighted by atomic mass is 9.98. The molecule has 1 aromatic carbocycles. The number of amides is 1. The molecule has 1 amide bonds. The Labute approximate surface area is 150 Å². The molecule has 134 valence electrons. The normalized spacial score (nSPS) is 11.5. The Kier molecular flexibility index (Phi) is 5.45. The number of rotatable bonds is 4. The first-order chi connectivity index (χ1) is 11.6. The van der Waals surface area contributed by atoms with Crippen molar-refractivity contribution < 1.29 is 4.79 Å². The van der Waals surface area contributed by atoms with Gasteiger partial charge in [-0.1, -0.05) is 32.0 Å². The topological polar surface area (TPSA) is 66.9 Å². The maximum Gasteiger partial charge on any atom is 0.270 e. The number of hydrogen-bond donors (Lipinski definition) is 2. The molecule has 5 heteroatoms. The molecule has 25 heavy (non-hydrogen) atoms. The van der Waals surface area contributed by atoms with E-state index in [-0.39, 0.29) is 11.4 Å². The molecular weight excluding hydrogens is 312 g/mol. The highest BCUT2D eigenvalue weighted by Crippen LogP contribution is 2.29. The number of carbonyl (C=O) groups excluding carboxylic acids is 1. The number of anilines is 2. The van der Waals surface area contributed by atoms with E-state index in [4.69, 9.17) is 0 Å². The minimum atomic E-state index is -0.315. The first-order valence-corrected chi connectivity index (χ1v) is 8.61. The molecule has 2 aromatic rings. The summed E-state index contributed by atoms with van der Waals surface area (Å²) in [5.74, 6) is 0.612. The molecule has 0 radical (unpaired) electrons. The van der Waals surface area contributed by atoms with Gasteiger partial charge >= 0.3 is 0 Å². The van der Waals surface area contributed by atoms with Crippen molar-refractivity contribution in [3.8, 4) is 0 Å². The van der Waals surface area contributed by atoms with Gasteiger partial charge in [-0.25, -0.2) is 9.97 Å². The highest BCUT2D eigenvalue weighted by Gasteiger charge is 2.18. The number of benzene rings is 1. The van der Waals surface area contributed by atoms with Gasteiger partial charge in [0.1, 0.15) is 5.69 Å². The average molecular weight is 340 g/mol. The van der Waals surface area contributed by atoms with Gasteiger partial charge in [0.25, 0.3) is 5.91 Å². The Hall–Kier alpha value is -2.43. The first-order valence-electron chi connectivity index (χ1n) is 8.61. The summed E-state index contributed by atoms with van der Waals surface area (Å²) in [7, 11) is 0. The Balaban J connectivity index is 2.38. The van der Waals surface area contributed by atoms with Crippen LogP contribution in [0.15, 0.2) is 24.3 Å². The molecule has 5 nitrogen and oxygen atoms in total. The highest BCUT2D eigenvalue weighted by atomic mass is 16.2. The van der Waals surface area contributed by atoms with Crippen LogP contribution >= 0.6 is 0 Å². The van der Waals surface area contributed by atoms with Crippen molar-refractivity contribution in [3.05, 3.63) is 46.8 Å². The Morgan fingerprint density at radius 1 is 1.12 bits per heavy atom. The van der Waals surface area contributed by atoms with Gasteiger partial charge in [0, 0.05) is 16.9 Å². The summed E-state index contributed by atoms with van der Waals surface area (Å²) in [6, 6.07) is 7.91. The predicted octanol–water partition coefficient (Wildman–Crippen LogP) is 4.49. The van der Waals surface area contributed by atoms with Crippen LogP contribution in [0.25, 0.3) is 0 Å². The van der Waals surface area contributed by atoms with E-state index in [0.717, 1.165) is 16.9 Å². The van der Waals surface area contributed by atoms with Crippen molar-refractivity contribution >= 4 is 17.5 Å². The van der Waals surface area contributed by atoms with Crippen molar-refractivity contribution in [2.75, 3.05) is 5.32 Å². The van der Waals surface area contributed by atoms with E-state index in [1.807, 2.05) is 27.7 Å². The maximum absolute atomic E-state index is 12.4. The number of nitrogens with one attached hydrogen (secondary N) is 2. The SMILES string of the molecule is Cc1cc(C(=O)NC(C)(C)C)nc(Nc2c(C)cccc2C(C)C)n1. The third kappa shape index (κ3) is 5.02. The molecule has 2 N–H and O–H groups in total. The van der Waals surface area contributed by atoms with E-state index < -0.39 is 0 Å². The Bertz CT molecular complexity index is 776. The van der Waals surface area contributed by atoms with Crippen molar-refractivity contribution in [2.45, 2.75) is 59.9 Å². The van der Waals surface area contributed by atoms with Crippen LogP contribution in [0.3, 0.4) is 0 Å². The van der Waals surface area contributed by atoms with Crippen LogP contribution < -0.4 is 10.6 Å². The zero-order chi connectivity index (χ0) is 18.8. The molecule has 0 saturated carbocycles. The summed E-state index contributed by atoms with van der Waals surface area (Å²) in [6.07, 6.45) is 0. The van der Waals surface area contributed by atoms with E-state index in [0.29, 0.717) is 17.6 Å². The lowest BCUT2D eigenvalue weighted by Crippen LogP contribution is -2.41. The van der Waals surface area contributed by atoms with Gasteiger partial charge in [-0.05, 0) is 57.7 Å². The predicted molar refractivity (Wildman–Crippen MR) is 103 cm³/mol. The van der Waals surface area contributed by atoms with Crippen molar-refractivity contribution in [1.82, 2.24) is 15.3 Å². The van der Waals surface area contributed by atoms with Crippen molar-refractivity contribution in [3.63, 3.8) is 0 Å². The van der Waals surface area contributed by atoms with Gasteiger partial charge in [-0.2, -0.15) is 0 Å². The van der Waals surface area contributed by atoms with Gasteiger partial charge in [-0.3, -0.25) is 4.79 Å². The van der Waals surface area contributed by atoms with Crippen LogP contribution in [0.4, 0.5) is 11.6 Å². The second-order valence-electron chi connectivity index (χ2n) is 7.74. The molecule has 0 unspecified atom stereocenters. The fourth-order valence-corrected chi connectivity index (χ4v) is 2.60. The van der Waals surface area contributed by atoms with Crippen LogP contribution in [0.2, 0.25) is 0 Å². The molecule has 0 aliphatic carbocycles. The number of nitrogens with zero attached hydrogens (tertiary/aromatic N) is 2. The van der Waals surface area contributed by atoms with Crippen molar-refractivity contribution in [2.24, 2.45) is 0 Å². The molecule has 1 aromatic heterocycles. The van der Waals surface area contributed by atoms with E-state index in [1.54, 1.807) is 6.07 Å². The number of para-hydroxylation sites is 1. The molecule has 0 bridgehead atoms. The average Bonchev–Trinajstić information content (AvgIpc) is 2.46. The van der Waals surface area contributed by atoms with E-state index in [2.05, 4.69) is 59.6 Å². The molecule has 0 spiro atoms. The van der Waals surface area contributed by atoms with Crippen LogP contribution in [0.5, 0.6) is 0 Å². The van der Waals surface area contributed by atoms with Gasteiger partial charge in [0.15, 0.2) is 0 Å². The Morgan fingerprint density at radius 2 is 1.80 bits per heavy atom. The van der Waals surface area contributed by atoms with E-state index in [9.17, 15) is 4.79 Å². The second-order valence-corrected chi connectivity index (χ2v) is 7.74.